The van der Waals surface area contributed by atoms with E-state index in [1.54, 1.807) is 0 Å². The smallest absolute Gasteiger partial charge is 0.197 e. The van der Waals surface area contributed by atoms with E-state index in [1.165, 1.54) is 11.5 Å². The number of aromatic nitrogens is 1. The number of nitrogens with two attached hydrogens (primary N) is 1. The normalized spacial score (nSPS) is 10.4. The Bertz CT molecular complexity index is 304. The van der Waals surface area contributed by atoms with Gasteiger partial charge in [-0.2, -0.15) is 4.37 Å². The molecule has 0 radical (unpaired) electrons. The molecule has 0 atom stereocenters. The lowest BCUT2D eigenvalue weighted by molar-refractivity contribution is 0.147. The van der Waals surface area contributed by atoms with Crippen molar-refractivity contribution in [2.75, 3.05) is 37.4 Å². The maximum absolute atomic E-state index is 5.69. The Morgan fingerprint density at radius 3 is 2.88 bits per heavy atom. The summed E-state index contributed by atoms with van der Waals surface area (Å²) in [6, 6.07) is 0. The second-order valence-electron chi connectivity index (χ2n) is 3.14. The molecule has 0 unspecified atom stereocenters. The molecule has 0 aliphatic heterocycles. The monoisotopic (exact) mass is 245 g/mol. The minimum Gasteiger partial charge on any atom is -0.487 e. The summed E-state index contributed by atoms with van der Waals surface area (Å²) in [6.07, 6.45) is 0.956. The summed E-state index contributed by atoms with van der Waals surface area (Å²) in [6.45, 7) is 6.87. The third kappa shape index (κ3) is 3.86. The highest BCUT2D eigenvalue weighted by atomic mass is 32.1. The molecule has 92 valence electrons. The van der Waals surface area contributed by atoms with Crippen LogP contribution in [0.4, 0.5) is 10.8 Å². The van der Waals surface area contributed by atoms with Gasteiger partial charge >= 0.3 is 0 Å². The average Bonchev–Trinajstić information content (AvgIpc) is 2.62. The first kappa shape index (κ1) is 13.1. The predicted molar refractivity (Wildman–Crippen MR) is 67.3 cm³/mol. The van der Waals surface area contributed by atoms with Crippen molar-refractivity contribution in [2.24, 2.45) is 0 Å². The van der Waals surface area contributed by atoms with Crippen molar-refractivity contribution < 1.29 is 9.47 Å². The summed E-state index contributed by atoms with van der Waals surface area (Å²) in [5.74, 6) is 1.13. The summed E-state index contributed by atoms with van der Waals surface area (Å²) in [5.41, 5.74) is 5.69. The zero-order valence-corrected chi connectivity index (χ0v) is 10.6. The molecule has 0 spiro atoms. The van der Waals surface area contributed by atoms with E-state index in [0.717, 1.165) is 31.2 Å². The predicted octanol–water partition coefficient (Wildman–Crippen LogP) is 1.96. The first-order valence-corrected chi connectivity index (χ1v) is 6.26. The summed E-state index contributed by atoms with van der Waals surface area (Å²) in [4.78, 5) is 0. The molecule has 0 saturated heterocycles. The molecule has 0 aromatic carbocycles. The van der Waals surface area contributed by atoms with Gasteiger partial charge in [0.05, 0.1) is 6.61 Å². The van der Waals surface area contributed by atoms with Crippen LogP contribution in [0.5, 0.6) is 5.75 Å². The summed E-state index contributed by atoms with van der Waals surface area (Å²) in [7, 11) is 0. The van der Waals surface area contributed by atoms with E-state index < -0.39 is 0 Å². The van der Waals surface area contributed by atoms with Crippen molar-refractivity contribution in [2.45, 2.75) is 20.3 Å². The molecule has 16 heavy (non-hydrogen) atoms. The van der Waals surface area contributed by atoms with Gasteiger partial charge in [-0.1, -0.05) is 0 Å². The van der Waals surface area contributed by atoms with Crippen LogP contribution in [0.2, 0.25) is 0 Å². The van der Waals surface area contributed by atoms with Crippen LogP contribution in [0.25, 0.3) is 0 Å². The first-order valence-electron chi connectivity index (χ1n) is 5.49. The van der Waals surface area contributed by atoms with Gasteiger partial charge in [0.15, 0.2) is 16.6 Å². The number of anilines is 2. The molecule has 0 saturated carbocycles. The molecule has 1 heterocycles. The van der Waals surface area contributed by atoms with Gasteiger partial charge in [0.1, 0.15) is 0 Å². The van der Waals surface area contributed by atoms with Gasteiger partial charge < -0.3 is 20.5 Å². The van der Waals surface area contributed by atoms with Gasteiger partial charge in [-0.3, -0.25) is 0 Å². The van der Waals surface area contributed by atoms with Crippen molar-refractivity contribution in [3.05, 3.63) is 0 Å². The van der Waals surface area contributed by atoms with Gasteiger partial charge in [-0.15, -0.1) is 0 Å². The van der Waals surface area contributed by atoms with Gasteiger partial charge in [0.2, 0.25) is 0 Å². The molecule has 0 aliphatic carbocycles. The molecule has 0 aliphatic rings. The Balaban J connectivity index is 2.35. The lowest BCUT2D eigenvalue weighted by Gasteiger charge is -2.07. The van der Waals surface area contributed by atoms with Gasteiger partial charge in [-0.25, -0.2) is 0 Å². The fraction of sp³-hybridized carbons (Fsp3) is 0.700. The minimum atomic E-state index is 0.458. The SMILES string of the molecule is CCOCCCNc1snc(N)c1OCC. The molecule has 1 rings (SSSR count). The third-order valence-corrected chi connectivity index (χ3v) is 2.72. The number of rotatable bonds is 8. The van der Waals surface area contributed by atoms with E-state index in [4.69, 9.17) is 15.2 Å². The number of nitrogens with one attached hydrogen (secondary N) is 1. The fourth-order valence-electron chi connectivity index (χ4n) is 1.21. The van der Waals surface area contributed by atoms with Crippen molar-refractivity contribution >= 4 is 22.4 Å². The lowest BCUT2D eigenvalue weighted by atomic mass is 10.4. The van der Waals surface area contributed by atoms with Gasteiger partial charge in [0, 0.05) is 19.8 Å². The summed E-state index contributed by atoms with van der Waals surface area (Å²) in [5, 5.41) is 4.15. The Morgan fingerprint density at radius 1 is 1.38 bits per heavy atom. The van der Waals surface area contributed by atoms with Gasteiger partial charge in [-0.05, 0) is 31.8 Å². The third-order valence-electron chi connectivity index (χ3n) is 1.92. The Kier molecular flexibility index (Phi) is 5.95. The number of hydrogen-bond acceptors (Lipinski definition) is 6. The average molecular weight is 245 g/mol. The number of nitrogen functional groups attached to an aromatic ring is 1. The van der Waals surface area contributed by atoms with Crippen LogP contribution in [-0.4, -0.2) is 30.7 Å². The molecule has 0 amide bonds. The quantitative estimate of drug-likeness (QED) is 0.685. The topological polar surface area (TPSA) is 69.4 Å². The highest BCUT2D eigenvalue weighted by Gasteiger charge is 2.11. The van der Waals surface area contributed by atoms with E-state index in [-0.39, 0.29) is 0 Å². The first-order chi connectivity index (χ1) is 7.79. The van der Waals surface area contributed by atoms with Gasteiger partial charge in [0.25, 0.3) is 0 Å². The molecule has 0 bridgehead atoms. The highest BCUT2D eigenvalue weighted by molar-refractivity contribution is 7.11. The maximum Gasteiger partial charge on any atom is 0.197 e. The minimum absolute atomic E-state index is 0.458. The molecule has 6 heteroatoms. The van der Waals surface area contributed by atoms with E-state index >= 15 is 0 Å². The van der Waals surface area contributed by atoms with E-state index in [2.05, 4.69) is 9.69 Å². The molecule has 0 fully saturated rings. The van der Waals surface area contributed by atoms with Crippen molar-refractivity contribution in [3.63, 3.8) is 0 Å². The van der Waals surface area contributed by atoms with Crippen LogP contribution < -0.4 is 15.8 Å². The zero-order valence-electron chi connectivity index (χ0n) is 9.78. The Labute approximate surface area is 100 Å². The second-order valence-corrected chi connectivity index (χ2v) is 3.91. The van der Waals surface area contributed by atoms with E-state index in [1.807, 2.05) is 13.8 Å². The second kappa shape index (κ2) is 7.29. The van der Waals surface area contributed by atoms with Crippen LogP contribution in [0, 0.1) is 0 Å². The maximum atomic E-state index is 5.69. The number of hydrogen-bond donors (Lipinski definition) is 2. The Hall–Kier alpha value is -1.01. The highest BCUT2D eigenvalue weighted by Crippen LogP contribution is 2.34. The largest absolute Gasteiger partial charge is 0.487 e. The van der Waals surface area contributed by atoms with E-state index in [0.29, 0.717) is 18.2 Å². The van der Waals surface area contributed by atoms with Crippen LogP contribution in [-0.2, 0) is 4.74 Å². The molecular formula is C10H19N3O2S. The number of ether oxygens (including phenoxy) is 2. The standard InChI is InChI=1S/C10H19N3O2S/c1-3-14-7-5-6-12-10-8(15-4-2)9(11)13-16-10/h12H,3-7H2,1-2H3,(H2,11,13). The molecule has 1 aromatic rings. The van der Waals surface area contributed by atoms with Crippen LogP contribution >= 0.6 is 11.5 Å². The Morgan fingerprint density at radius 2 is 2.19 bits per heavy atom. The van der Waals surface area contributed by atoms with Crippen molar-refractivity contribution in [1.29, 1.82) is 0 Å². The van der Waals surface area contributed by atoms with Crippen LogP contribution in [0.3, 0.4) is 0 Å². The van der Waals surface area contributed by atoms with Crippen molar-refractivity contribution in [1.82, 2.24) is 4.37 Å². The van der Waals surface area contributed by atoms with Crippen LogP contribution in [0.15, 0.2) is 0 Å². The molecular weight excluding hydrogens is 226 g/mol. The number of nitrogens with zero attached hydrogens (tertiary/aromatic N) is 1. The lowest BCUT2D eigenvalue weighted by Crippen LogP contribution is -2.06. The zero-order chi connectivity index (χ0) is 11.8. The fourth-order valence-corrected chi connectivity index (χ4v) is 1.90. The van der Waals surface area contributed by atoms with Crippen molar-refractivity contribution in [3.8, 4) is 5.75 Å². The molecule has 5 nitrogen and oxygen atoms in total. The van der Waals surface area contributed by atoms with Crippen LogP contribution in [0.1, 0.15) is 20.3 Å². The molecule has 3 N–H and O–H groups in total. The summed E-state index contributed by atoms with van der Waals surface area (Å²) < 4.78 is 14.7. The molecule has 1 aromatic heterocycles. The van der Waals surface area contributed by atoms with E-state index in [9.17, 15) is 0 Å². The summed E-state index contributed by atoms with van der Waals surface area (Å²) >= 11 is 1.33.